The molecule has 7 atom stereocenters. The number of nitrogen functional groups attached to an aromatic ring is 1. The second-order valence-electron chi connectivity index (χ2n) is 12.9. The maximum Gasteiger partial charge on any atom is 0.274 e. The highest BCUT2D eigenvalue weighted by Gasteiger charge is 2.55. The highest BCUT2D eigenvalue weighted by molar-refractivity contribution is 8.13. The van der Waals surface area contributed by atoms with Gasteiger partial charge in [0.15, 0.2) is 22.3 Å². The Kier molecular flexibility index (Phi) is 19.3. The molecule has 1 saturated heterocycles. The summed E-state index contributed by atoms with van der Waals surface area (Å²) in [4.78, 5) is 96.0. The van der Waals surface area contributed by atoms with Crippen molar-refractivity contribution in [3.8, 4) is 0 Å². The highest BCUT2D eigenvalue weighted by atomic mass is 32.2. The Hall–Kier alpha value is -2.48. The number of imidazole rings is 1. The van der Waals surface area contributed by atoms with Gasteiger partial charge in [0.05, 0.1) is 27.4 Å². The number of anilines is 1. The first-order chi connectivity index (χ1) is 26.4. The van der Waals surface area contributed by atoms with Crippen LogP contribution in [0.5, 0.6) is 0 Å². The lowest BCUT2D eigenvalue weighted by atomic mass is 9.87. The molecule has 0 aliphatic carbocycles. The molecular weight excluding hydrogens is 847 g/mol. The van der Waals surface area contributed by atoms with E-state index in [4.69, 9.17) is 15.6 Å². The van der Waals surface area contributed by atoms with Gasteiger partial charge in [0, 0.05) is 44.2 Å². The van der Waals surface area contributed by atoms with Crippen LogP contribution < -0.4 is 35.9 Å². The fourth-order valence-corrected chi connectivity index (χ4v) is 8.43. The molecule has 29 heteroatoms. The average molecular weight is 894 g/mol. The summed E-state index contributed by atoms with van der Waals surface area (Å²) in [7, 11) is -16.6. The van der Waals surface area contributed by atoms with Gasteiger partial charge in [-0.1, -0.05) is 39.0 Å². The number of carbonyl (C=O) groups excluding carboxylic acids is 3. The van der Waals surface area contributed by atoms with E-state index in [1.165, 1.54) is 20.8 Å². The third-order valence-corrected chi connectivity index (χ3v) is 11.9. The van der Waals surface area contributed by atoms with Crippen LogP contribution in [0.25, 0.3) is 11.2 Å². The third kappa shape index (κ3) is 15.2. The first-order valence-corrected chi connectivity index (χ1v) is 22.2. The monoisotopic (exact) mass is 893 g/mol. The molecule has 0 aromatic carbocycles. The number of amides is 2. The number of phosphoric ester groups is 3. The molecule has 3 rings (SSSR count). The smallest absolute Gasteiger partial charge is 0.274 e. The van der Waals surface area contributed by atoms with Crippen LogP contribution in [0.15, 0.2) is 12.7 Å². The number of nitrogens with two attached hydrogens (primary N) is 1. The molecule has 0 radical (unpaired) electrons. The number of thioether (sulfide) groups is 1. The van der Waals surface area contributed by atoms with Gasteiger partial charge in [0.25, 0.3) is 15.6 Å². The number of hydrogen-bond donors (Lipinski definition) is 6. The Bertz CT molecular complexity index is 1820. The van der Waals surface area contributed by atoms with Crippen LogP contribution in [-0.4, -0.2) is 115 Å². The zero-order chi connectivity index (χ0) is 43.4. The van der Waals surface area contributed by atoms with Crippen molar-refractivity contribution in [2.75, 3.05) is 44.9 Å². The summed E-state index contributed by atoms with van der Waals surface area (Å²) >= 11 is 1.10. The maximum absolute atomic E-state index is 12.6. The number of aliphatic hydroxyl groups is 3. The van der Waals surface area contributed by atoms with E-state index in [1.807, 2.05) is 6.92 Å². The molecule has 7 unspecified atom stereocenters. The number of nitrogens with zero attached hydrogens (tertiary/aromatic N) is 4. The molecule has 1 aliphatic rings. The van der Waals surface area contributed by atoms with Crippen LogP contribution in [-0.2, 0) is 56.4 Å². The van der Waals surface area contributed by atoms with Crippen molar-refractivity contribution in [1.29, 1.82) is 0 Å². The molecule has 25 nitrogen and oxygen atoms in total. The lowest BCUT2D eigenvalue weighted by molar-refractivity contribution is -0.347. The molecule has 2 amide bonds. The molecular formula is C28H46N7O18P3S-4. The predicted octanol–water partition coefficient (Wildman–Crippen LogP) is -2.89. The lowest BCUT2D eigenvalue weighted by Gasteiger charge is -2.36. The SMILES string of the molecule is CCCCC(=O)SCCNC(=O)CCNC(=O)C(O)C(C)(C)COP(=O)([O-])OP(=O)([O-])OCC1OC(C)(n2cnc3c(N)ncnc32)C(O)C1OP(=O)([O-])[O-].CO. The number of unbranched alkanes of at least 4 members (excludes halogenated alkanes) is 1. The number of carbonyl (C=O) groups is 3. The summed E-state index contributed by atoms with van der Waals surface area (Å²) in [5.41, 5.74) is 2.03. The van der Waals surface area contributed by atoms with Gasteiger partial charge in [-0.3, -0.25) is 28.1 Å². The summed E-state index contributed by atoms with van der Waals surface area (Å²) in [5, 5.41) is 33.5. The van der Waals surface area contributed by atoms with E-state index in [0.717, 1.165) is 48.9 Å². The van der Waals surface area contributed by atoms with Crippen molar-refractivity contribution in [1.82, 2.24) is 30.2 Å². The van der Waals surface area contributed by atoms with E-state index in [0.29, 0.717) is 12.2 Å². The Balaban J connectivity index is 0.00000551. The molecule has 1 fully saturated rings. The Labute approximate surface area is 330 Å². The number of ether oxygens (including phenoxy) is 1. The summed E-state index contributed by atoms with van der Waals surface area (Å²) < 4.78 is 61.0. The van der Waals surface area contributed by atoms with Crippen molar-refractivity contribution < 1.29 is 85.6 Å². The lowest BCUT2D eigenvalue weighted by Crippen LogP contribution is -2.46. The van der Waals surface area contributed by atoms with E-state index >= 15 is 0 Å². The zero-order valence-corrected chi connectivity index (χ0v) is 34.9. The minimum Gasteiger partial charge on any atom is -0.790 e. The zero-order valence-electron chi connectivity index (χ0n) is 31.4. The van der Waals surface area contributed by atoms with Crippen LogP contribution >= 0.6 is 35.2 Å². The Morgan fingerprint density at radius 3 is 2.35 bits per heavy atom. The quantitative estimate of drug-likeness (QED) is 0.0510. The average Bonchev–Trinajstić information content (AvgIpc) is 3.67. The van der Waals surface area contributed by atoms with Crippen molar-refractivity contribution in [2.45, 2.75) is 83.5 Å². The van der Waals surface area contributed by atoms with Gasteiger partial charge >= 0.3 is 0 Å². The first-order valence-electron chi connectivity index (χ1n) is 16.9. The predicted molar refractivity (Wildman–Crippen MR) is 191 cm³/mol. The van der Waals surface area contributed by atoms with Gasteiger partial charge in [-0.05, 0) is 13.3 Å². The molecule has 326 valence electrons. The second-order valence-corrected chi connectivity index (χ2v) is 18.1. The number of fused-ring (bicyclic) bond motifs is 1. The molecule has 3 heterocycles. The fourth-order valence-electron chi connectivity index (χ4n) is 4.98. The molecule has 0 spiro atoms. The van der Waals surface area contributed by atoms with Gasteiger partial charge in [0.1, 0.15) is 36.3 Å². The van der Waals surface area contributed by atoms with Crippen LogP contribution in [0.3, 0.4) is 0 Å². The molecule has 2 aromatic heterocycles. The normalized spacial score (nSPS) is 22.5. The van der Waals surface area contributed by atoms with Crippen LogP contribution in [0.4, 0.5) is 5.82 Å². The highest BCUT2D eigenvalue weighted by Crippen LogP contribution is 2.56. The largest absolute Gasteiger partial charge is 0.790 e. The molecule has 2 aromatic rings. The van der Waals surface area contributed by atoms with Gasteiger partial charge in [-0.25, -0.2) is 19.3 Å². The topological polar surface area (TPSA) is 395 Å². The van der Waals surface area contributed by atoms with Crippen molar-refractivity contribution in [2.24, 2.45) is 5.41 Å². The fraction of sp³-hybridized carbons (Fsp3) is 0.714. The first kappa shape index (κ1) is 50.7. The van der Waals surface area contributed by atoms with Gasteiger partial charge in [0.2, 0.25) is 11.8 Å². The number of aliphatic hydroxyl groups excluding tert-OH is 3. The van der Waals surface area contributed by atoms with Gasteiger partial charge < -0.3 is 74.1 Å². The number of aromatic nitrogens is 4. The van der Waals surface area contributed by atoms with E-state index in [1.54, 1.807) is 0 Å². The summed E-state index contributed by atoms with van der Waals surface area (Å²) in [6.07, 6.45) is -3.94. The van der Waals surface area contributed by atoms with Crippen molar-refractivity contribution in [3.63, 3.8) is 0 Å². The van der Waals surface area contributed by atoms with E-state index in [9.17, 15) is 57.9 Å². The molecule has 7 N–H and O–H groups in total. The number of nitrogens with one attached hydrogen (secondary N) is 2. The Morgan fingerprint density at radius 2 is 1.72 bits per heavy atom. The minimum absolute atomic E-state index is 0.0197. The van der Waals surface area contributed by atoms with Gasteiger partial charge in [-0.15, -0.1) is 0 Å². The molecule has 57 heavy (non-hydrogen) atoms. The Morgan fingerprint density at radius 1 is 1.07 bits per heavy atom. The summed E-state index contributed by atoms with van der Waals surface area (Å²) in [6, 6.07) is 0. The molecule has 0 saturated carbocycles. The standard InChI is InChI=1S/C27H46N7O17P3S.CH4O/c1-5-6-7-18(36)55-11-10-29-17(35)8-9-30-25(39)22(38)26(2,3)13-48-54(45,46)51-53(43,44)47-12-16-20(50-52(40,41)42)21(37)27(4,49-16)34-15-33-19-23(28)31-14-32-24(19)34;1-2/h14-16,20-22,37-38H,5-13H2,1-4H3,(H,29,35)(H,30,39)(H,43,44)(H,45,46)(H2,28,31,32)(H2,40,41,42);2H,1H3/p-4. The minimum atomic E-state index is -5.93. The van der Waals surface area contributed by atoms with Crippen molar-refractivity contribution >= 4 is 69.1 Å². The third-order valence-electron chi connectivity index (χ3n) is 7.96. The molecule has 0 bridgehead atoms. The van der Waals surface area contributed by atoms with Crippen LogP contribution in [0, 0.1) is 5.41 Å². The van der Waals surface area contributed by atoms with E-state index in [2.05, 4.69) is 43.5 Å². The number of rotatable bonds is 22. The van der Waals surface area contributed by atoms with Crippen molar-refractivity contribution in [3.05, 3.63) is 12.7 Å². The van der Waals surface area contributed by atoms with Crippen LogP contribution in [0.2, 0.25) is 0 Å². The summed E-state index contributed by atoms with van der Waals surface area (Å²) in [5.74, 6) is -1.16. The maximum atomic E-state index is 12.6. The van der Waals surface area contributed by atoms with E-state index in [-0.39, 0.29) is 41.6 Å². The van der Waals surface area contributed by atoms with E-state index < -0.39 is 84.1 Å². The van der Waals surface area contributed by atoms with Crippen LogP contribution in [0.1, 0.15) is 53.4 Å². The summed E-state index contributed by atoms with van der Waals surface area (Å²) in [6.45, 7) is 3.27. The number of hydrogen-bond acceptors (Lipinski definition) is 23. The van der Waals surface area contributed by atoms with Gasteiger partial charge in [-0.2, -0.15) is 0 Å². The number of phosphoric acid groups is 3. The second kappa shape index (κ2) is 21.7. The molecule has 1 aliphatic heterocycles.